The molecule has 2 heterocycles. The number of amides is 2. The lowest BCUT2D eigenvalue weighted by Gasteiger charge is -2.15. The Bertz CT molecular complexity index is 435. The Morgan fingerprint density at radius 2 is 2.18 bits per heavy atom. The number of nitrogens with zero attached hydrogens (tertiary/aromatic N) is 3. The van der Waals surface area contributed by atoms with Crippen LogP contribution in [0.4, 0.5) is 4.79 Å². The number of pyridine rings is 1. The van der Waals surface area contributed by atoms with Gasteiger partial charge in [-0.3, -0.25) is 4.98 Å². The molecule has 0 aliphatic carbocycles. The molecular formula is C11H13N3O3. The summed E-state index contributed by atoms with van der Waals surface area (Å²) in [5, 5.41) is 8.95. The topological polar surface area (TPSA) is 73.7 Å². The zero-order valence-electron chi connectivity index (χ0n) is 9.41. The molecule has 1 saturated heterocycles. The van der Waals surface area contributed by atoms with Crippen molar-refractivity contribution in [3.8, 4) is 0 Å². The van der Waals surface area contributed by atoms with Crippen molar-refractivity contribution in [1.29, 1.82) is 0 Å². The summed E-state index contributed by atoms with van der Waals surface area (Å²) < 4.78 is 0. The largest absolute Gasteiger partial charge is 0.480 e. The van der Waals surface area contributed by atoms with Crippen molar-refractivity contribution >= 4 is 12.0 Å². The standard InChI is InChI=1S/C11H13N3O3/c1-13-9(10(15)16)7-14(11(13)17)6-8-2-4-12-5-3-8/h2-5,9H,6-7H2,1H3,(H,15,16). The van der Waals surface area contributed by atoms with Crippen LogP contribution in [0.25, 0.3) is 0 Å². The van der Waals surface area contributed by atoms with Gasteiger partial charge in [0, 0.05) is 26.0 Å². The van der Waals surface area contributed by atoms with Crippen molar-refractivity contribution in [1.82, 2.24) is 14.8 Å². The van der Waals surface area contributed by atoms with Crippen LogP contribution in [-0.4, -0.2) is 51.5 Å². The Morgan fingerprint density at radius 1 is 1.53 bits per heavy atom. The van der Waals surface area contributed by atoms with Gasteiger partial charge in [0.1, 0.15) is 6.04 Å². The van der Waals surface area contributed by atoms with Crippen molar-refractivity contribution in [3.63, 3.8) is 0 Å². The molecule has 0 aromatic carbocycles. The predicted octanol–water partition coefficient (Wildman–Crippen LogP) is 0.402. The number of carboxylic acids is 1. The lowest BCUT2D eigenvalue weighted by atomic mass is 10.2. The molecule has 2 amide bonds. The minimum atomic E-state index is -0.974. The SMILES string of the molecule is CN1C(=O)N(Cc2ccncc2)CC1C(=O)O. The average Bonchev–Trinajstić information content (AvgIpc) is 2.59. The van der Waals surface area contributed by atoms with E-state index in [1.807, 2.05) is 0 Å². The second-order valence-electron chi connectivity index (χ2n) is 3.98. The first-order chi connectivity index (χ1) is 8.09. The molecule has 1 atom stereocenters. The number of aliphatic carboxylic acids is 1. The molecule has 17 heavy (non-hydrogen) atoms. The van der Waals surface area contributed by atoms with Gasteiger partial charge in [-0.25, -0.2) is 9.59 Å². The molecule has 0 spiro atoms. The molecule has 0 bridgehead atoms. The molecule has 1 aliphatic rings. The third kappa shape index (κ3) is 2.20. The molecule has 6 heteroatoms. The third-order valence-corrected chi connectivity index (χ3v) is 2.84. The van der Waals surface area contributed by atoms with Gasteiger partial charge in [-0.05, 0) is 17.7 Å². The number of carboxylic acid groups (broad SMARTS) is 1. The first kappa shape index (κ1) is 11.4. The van der Waals surface area contributed by atoms with Crippen molar-refractivity contribution in [2.45, 2.75) is 12.6 Å². The highest BCUT2D eigenvalue weighted by Gasteiger charge is 2.38. The number of carbonyl (C=O) groups excluding carboxylic acids is 1. The number of aromatic nitrogens is 1. The minimum Gasteiger partial charge on any atom is -0.480 e. The summed E-state index contributed by atoms with van der Waals surface area (Å²) in [5.41, 5.74) is 0.938. The summed E-state index contributed by atoms with van der Waals surface area (Å²) >= 11 is 0. The number of hydrogen-bond acceptors (Lipinski definition) is 3. The van der Waals surface area contributed by atoms with E-state index >= 15 is 0 Å². The summed E-state index contributed by atoms with van der Waals surface area (Å²) in [5.74, 6) is -0.974. The van der Waals surface area contributed by atoms with Crippen LogP contribution < -0.4 is 0 Å². The third-order valence-electron chi connectivity index (χ3n) is 2.84. The van der Waals surface area contributed by atoms with Crippen LogP contribution in [0.5, 0.6) is 0 Å². The quantitative estimate of drug-likeness (QED) is 0.823. The van der Waals surface area contributed by atoms with Crippen molar-refractivity contribution in [2.24, 2.45) is 0 Å². The maximum absolute atomic E-state index is 11.8. The first-order valence-corrected chi connectivity index (χ1v) is 5.23. The van der Waals surface area contributed by atoms with E-state index in [0.29, 0.717) is 6.54 Å². The fourth-order valence-corrected chi connectivity index (χ4v) is 1.85. The summed E-state index contributed by atoms with van der Waals surface area (Å²) in [7, 11) is 1.51. The van der Waals surface area contributed by atoms with Gasteiger partial charge in [0.05, 0.1) is 6.54 Å². The van der Waals surface area contributed by atoms with Crippen molar-refractivity contribution in [3.05, 3.63) is 30.1 Å². The summed E-state index contributed by atoms with van der Waals surface area (Å²) in [6, 6.07) is 2.60. The average molecular weight is 235 g/mol. The van der Waals surface area contributed by atoms with E-state index in [1.54, 1.807) is 24.5 Å². The van der Waals surface area contributed by atoms with Crippen LogP contribution in [0.2, 0.25) is 0 Å². The molecule has 2 rings (SSSR count). The van der Waals surface area contributed by atoms with Crippen LogP contribution in [0.1, 0.15) is 5.56 Å². The molecule has 1 aliphatic heterocycles. The first-order valence-electron chi connectivity index (χ1n) is 5.23. The van der Waals surface area contributed by atoms with Gasteiger partial charge in [0.2, 0.25) is 0 Å². The molecule has 6 nitrogen and oxygen atoms in total. The molecular weight excluding hydrogens is 222 g/mol. The highest BCUT2D eigenvalue weighted by atomic mass is 16.4. The van der Waals surface area contributed by atoms with E-state index < -0.39 is 12.0 Å². The van der Waals surface area contributed by atoms with E-state index in [9.17, 15) is 9.59 Å². The zero-order chi connectivity index (χ0) is 12.4. The van der Waals surface area contributed by atoms with Crippen LogP contribution in [0.3, 0.4) is 0 Å². The smallest absolute Gasteiger partial charge is 0.328 e. The second kappa shape index (κ2) is 4.40. The molecule has 90 valence electrons. The van der Waals surface area contributed by atoms with Gasteiger partial charge in [0.25, 0.3) is 0 Å². The van der Waals surface area contributed by atoms with Crippen LogP contribution in [-0.2, 0) is 11.3 Å². The minimum absolute atomic E-state index is 0.215. The van der Waals surface area contributed by atoms with Crippen molar-refractivity contribution < 1.29 is 14.7 Å². The summed E-state index contributed by atoms with van der Waals surface area (Å²) in [6.45, 7) is 0.627. The summed E-state index contributed by atoms with van der Waals surface area (Å²) in [6.07, 6.45) is 3.29. The predicted molar refractivity (Wildman–Crippen MR) is 59.2 cm³/mol. The summed E-state index contributed by atoms with van der Waals surface area (Å²) in [4.78, 5) is 29.4. The van der Waals surface area contributed by atoms with Gasteiger partial charge in [0.15, 0.2) is 0 Å². The van der Waals surface area contributed by atoms with Crippen LogP contribution >= 0.6 is 0 Å². The van der Waals surface area contributed by atoms with E-state index in [1.165, 1.54) is 16.8 Å². The maximum Gasteiger partial charge on any atom is 0.328 e. The highest BCUT2D eigenvalue weighted by Crippen LogP contribution is 2.16. The Balaban J connectivity index is 2.09. The van der Waals surface area contributed by atoms with Crippen LogP contribution in [0, 0.1) is 0 Å². The molecule has 1 aromatic rings. The van der Waals surface area contributed by atoms with Gasteiger partial charge >= 0.3 is 12.0 Å². The fourth-order valence-electron chi connectivity index (χ4n) is 1.85. The Morgan fingerprint density at radius 3 is 2.71 bits per heavy atom. The number of rotatable bonds is 3. The molecule has 1 N–H and O–H groups in total. The van der Waals surface area contributed by atoms with Crippen LogP contribution in [0.15, 0.2) is 24.5 Å². The fraction of sp³-hybridized carbons (Fsp3) is 0.364. The highest BCUT2D eigenvalue weighted by molar-refractivity contribution is 5.86. The Labute approximate surface area is 98.5 Å². The van der Waals surface area contributed by atoms with Gasteiger partial charge in [-0.15, -0.1) is 0 Å². The molecule has 1 fully saturated rings. The van der Waals surface area contributed by atoms with E-state index in [0.717, 1.165) is 5.56 Å². The Kier molecular flexibility index (Phi) is 2.95. The maximum atomic E-state index is 11.8. The van der Waals surface area contributed by atoms with E-state index in [-0.39, 0.29) is 12.6 Å². The van der Waals surface area contributed by atoms with E-state index in [4.69, 9.17) is 5.11 Å². The molecule has 1 aromatic heterocycles. The van der Waals surface area contributed by atoms with Gasteiger partial charge in [-0.1, -0.05) is 0 Å². The monoisotopic (exact) mass is 235 g/mol. The normalized spacial score (nSPS) is 19.8. The zero-order valence-corrected chi connectivity index (χ0v) is 9.41. The number of urea groups is 1. The molecule has 0 radical (unpaired) electrons. The second-order valence-corrected chi connectivity index (χ2v) is 3.98. The van der Waals surface area contributed by atoms with Crippen molar-refractivity contribution in [2.75, 3.05) is 13.6 Å². The van der Waals surface area contributed by atoms with E-state index in [2.05, 4.69) is 4.98 Å². The Hall–Kier alpha value is -2.11. The number of carbonyl (C=O) groups is 2. The number of likely N-dealkylation sites (N-methyl/N-ethyl adjacent to an activating group) is 1. The van der Waals surface area contributed by atoms with Gasteiger partial charge in [-0.2, -0.15) is 0 Å². The van der Waals surface area contributed by atoms with Gasteiger partial charge < -0.3 is 14.9 Å². The lowest BCUT2D eigenvalue weighted by Crippen LogP contribution is -2.36. The lowest BCUT2D eigenvalue weighted by molar-refractivity contribution is -0.140. The molecule has 1 unspecified atom stereocenters. The number of hydrogen-bond donors (Lipinski definition) is 1. The molecule has 0 saturated carbocycles.